The van der Waals surface area contributed by atoms with Gasteiger partial charge in [-0.15, -0.1) is 0 Å². The molecular formula is C29H30N4O4. The van der Waals surface area contributed by atoms with Gasteiger partial charge in [0.1, 0.15) is 17.4 Å². The van der Waals surface area contributed by atoms with Crippen LogP contribution < -0.4 is 4.74 Å². The number of rotatable bonds is 5. The number of pyridine rings is 2. The van der Waals surface area contributed by atoms with Crippen molar-refractivity contribution in [3.63, 3.8) is 0 Å². The fourth-order valence-electron chi connectivity index (χ4n) is 4.09. The number of carbonyl (C=O) groups is 2. The molecule has 2 aromatic heterocycles. The molecule has 3 heterocycles. The molecule has 1 aromatic carbocycles. The lowest BCUT2D eigenvalue weighted by Crippen LogP contribution is -2.50. The van der Waals surface area contributed by atoms with E-state index in [0.717, 1.165) is 5.56 Å². The molecule has 1 aliphatic rings. The number of carbonyl (C=O) groups excluding carboxylic acids is 2. The zero-order valence-electron chi connectivity index (χ0n) is 21.2. The Morgan fingerprint density at radius 3 is 2.59 bits per heavy atom. The molecule has 8 nitrogen and oxygen atoms in total. The number of likely N-dealkylation sites (N-methyl/N-ethyl adjacent to an activating group) is 1. The maximum absolute atomic E-state index is 13.6. The van der Waals surface area contributed by atoms with Gasteiger partial charge in [-0.25, -0.2) is 4.98 Å². The number of hydrogen-bond acceptors (Lipinski definition) is 6. The minimum atomic E-state index is -0.452. The van der Waals surface area contributed by atoms with Crippen LogP contribution in [0.5, 0.6) is 5.88 Å². The van der Waals surface area contributed by atoms with Crippen molar-refractivity contribution in [1.82, 2.24) is 19.8 Å². The summed E-state index contributed by atoms with van der Waals surface area (Å²) in [5.41, 5.74) is 2.04. The van der Waals surface area contributed by atoms with E-state index in [2.05, 4.69) is 21.8 Å². The maximum Gasteiger partial charge on any atom is 0.272 e. The molecular weight excluding hydrogens is 468 g/mol. The average molecular weight is 499 g/mol. The molecule has 1 N–H and O–H groups in total. The Hall–Kier alpha value is -4.22. The molecule has 0 unspecified atom stereocenters. The molecule has 37 heavy (non-hydrogen) atoms. The second-order valence-electron chi connectivity index (χ2n) is 9.22. The summed E-state index contributed by atoms with van der Waals surface area (Å²) in [5.74, 6) is 5.67. The largest absolute Gasteiger partial charge is 0.472 e. The van der Waals surface area contributed by atoms with Gasteiger partial charge in [0.05, 0.1) is 19.2 Å². The van der Waals surface area contributed by atoms with E-state index in [9.17, 15) is 14.7 Å². The third-order valence-corrected chi connectivity index (χ3v) is 6.33. The monoisotopic (exact) mass is 498 g/mol. The quantitative estimate of drug-likeness (QED) is 0.544. The Balaban J connectivity index is 1.65. The third kappa shape index (κ3) is 6.13. The molecule has 3 aromatic rings. The standard InChI is InChI=1S/C29H30N4O4/c1-20-17-33(21(2)19-34)28(35)24-15-23(13-12-22-9-5-4-6-10-22)16-31-27(24)37-26(20)18-32(3)29(36)25-11-7-8-14-30-25/h4-11,14-16,20-21,26,34H,17-19H2,1-3H3/t20-,21+,26+/m0/s1. The van der Waals surface area contributed by atoms with E-state index in [1.165, 1.54) is 0 Å². The minimum absolute atomic E-state index is 0.149. The summed E-state index contributed by atoms with van der Waals surface area (Å²) in [4.78, 5) is 38.3. The topological polar surface area (TPSA) is 95.9 Å². The molecule has 0 spiro atoms. The average Bonchev–Trinajstić information content (AvgIpc) is 2.94. The van der Waals surface area contributed by atoms with Crippen molar-refractivity contribution in [2.24, 2.45) is 5.92 Å². The van der Waals surface area contributed by atoms with E-state index in [1.54, 1.807) is 60.4 Å². The molecule has 0 saturated carbocycles. The number of fused-ring (bicyclic) bond motifs is 1. The van der Waals surface area contributed by atoms with Crippen molar-refractivity contribution in [2.75, 3.05) is 26.7 Å². The highest BCUT2D eigenvalue weighted by atomic mass is 16.5. The van der Waals surface area contributed by atoms with Gasteiger partial charge in [-0.05, 0) is 37.3 Å². The van der Waals surface area contributed by atoms with Crippen LogP contribution in [0.3, 0.4) is 0 Å². The summed E-state index contributed by atoms with van der Waals surface area (Å²) in [6, 6.07) is 16.0. The maximum atomic E-state index is 13.6. The normalized spacial score (nSPS) is 17.8. The Morgan fingerprint density at radius 2 is 1.89 bits per heavy atom. The first kappa shape index (κ1) is 25.9. The molecule has 3 atom stereocenters. The highest BCUT2D eigenvalue weighted by Gasteiger charge is 2.34. The van der Waals surface area contributed by atoms with Crippen molar-refractivity contribution in [2.45, 2.75) is 26.0 Å². The lowest BCUT2D eigenvalue weighted by atomic mass is 9.99. The summed E-state index contributed by atoms with van der Waals surface area (Å²) < 4.78 is 6.27. The van der Waals surface area contributed by atoms with Crippen LogP contribution in [0, 0.1) is 17.8 Å². The van der Waals surface area contributed by atoms with Gasteiger partial charge in [0.2, 0.25) is 5.88 Å². The van der Waals surface area contributed by atoms with Gasteiger partial charge in [0, 0.05) is 43.0 Å². The number of aliphatic hydroxyl groups excluding tert-OH is 1. The lowest BCUT2D eigenvalue weighted by molar-refractivity contribution is 0.0312. The molecule has 0 radical (unpaired) electrons. The summed E-state index contributed by atoms with van der Waals surface area (Å²) in [6.07, 6.45) is 2.70. The minimum Gasteiger partial charge on any atom is -0.472 e. The molecule has 0 fully saturated rings. The van der Waals surface area contributed by atoms with Gasteiger partial charge >= 0.3 is 0 Å². The van der Waals surface area contributed by atoms with Crippen LogP contribution in [-0.4, -0.2) is 75.6 Å². The third-order valence-electron chi connectivity index (χ3n) is 6.33. The van der Waals surface area contributed by atoms with E-state index in [0.29, 0.717) is 17.8 Å². The highest BCUT2D eigenvalue weighted by molar-refractivity contribution is 5.97. The second-order valence-corrected chi connectivity index (χ2v) is 9.22. The summed E-state index contributed by atoms with van der Waals surface area (Å²) in [7, 11) is 1.70. The highest BCUT2D eigenvalue weighted by Crippen LogP contribution is 2.27. The van der Waals surface area contributed by atoms with Gasteiger partial charge in [0.15, 0.2) is 0 Å². The van der Waals surface area contributed by atoms with E-state index < -0.39 is 12.1 Å². The van der Waals surface area contributed by atoms with Gasteiger partial charge in [-0.1, -0.05) is 43.0 Å². The first-order valence-electron chi connectivity index (χ1n) is 12.2. The zero-order chi connectivity index (χ0) is 26.4. The fraction of sp³-hybridized carbons (Fsp3) is 0.310. The predicted octanol–water partition coefficient (Wildman–Crippen LogP) is 2.87. The lowest BCUT2D eigenvalue weighted by Gasteiger charge is -2.37. The van der Waals surface area contributed by atoms with Crippen LogP contribution >= 0.6 is 0 Å². The van der Waals surface area contributed by atoms with Crippen LogP contribution in [0.25, 0.3) is 0 Å². The van der Waals surface area contributed by atoms with E-state index in [4.69, 9.17) is 4.74 Å². The number of hydrogen-bond donors (Lipinski definition) is 1. The smallest absolute Gasteiger partial charge is 0.272 e. The van der Waals surface area contributed by atoms with E-state index in [1.807, 2.05) is 37.3 Å². The number of aliphatic hydroxyl groups is 1. The Morgan fingerprint density at radius 1 is 1.16 bits per heavy atom. The summed E-state index contributed by atoms with van der Waals surface area (Å²) >= 11 is 0. The molecule has 1 aliphatic heterocycles. The van der Waals surface area contributed by atoms with Crippen molar-refractivity contribution in [3.8, 4) is 17.7 Å². The van der Waals surface area contributed by atoms with Crippen LogP contribution in [0.4, 0.5) is 0 Å². The van der Waals surface area contributed by atoms with Crippen LogP contribution in [0.2, 0.25) is 0 Å². The molecule has 0 bridgehead atoms. The van der Waals surface area contributed by atoms with E-state index in [-0.39, 0.29) is 42.3 Å². The van der Waals surface area contributed by atoms with Crippen LogP contribution in [0.1, 0.15) is 45.8 Å². The van der Waals surface area contributed by atoms with Crippen LogP contribution in [-0.2, 0) is 0 Å². The first-order chi connectivity index (χ1) is 17.9. The van der Waals surface area contributed by atoms with Crippen molar-refractivity contribution in [1.29, 1.82) is 0 Å². The first-order valence-corrected chi connectivity index (χ1v) is 12.2. The van der Waals surface area contributed by atoms with Gasteiger partial charge in [0.25, 0.3) is 11.8 Å². The Labute approximate surface area is 216 Å². The summed E-state index contributed by atoms with van der Waals surface area (Å²) in [6.45, 7) is 4.18. The zero-order valence-corrected chi connectivity index (χ0v) is 21.2. The molecule has 0 saturated heterocycles. The SMILES string of the molecule is C[C@H](CO)N1C[C@H](C)[C@@H](CN(C)C(=O)c2ccccn2)Oc2ncc(C#Cc3ccccc3)cc2C1=O. The number of amides is 2. The van der Waals surface area contributed by atoms with E-state index >= 15 is 0 Å². The van der Waals surface area contributed by atoms with Gasteiger partial charge in [-0.3, -0.25) is 14.6 Å². The number of ether oxygens (including phenoxy) is 1. The molecule has 190 valence electrons. The molecule has 0 aliphatic carbocycles. The second kappa shape index (κ2) is 11.7. The van der Waals surface area contributed by atoms with Crippen molar-refractivity contribution >= 4 is 11.8 Å². The van der Waals surface area contributed by atoms with Gasteiger partial charge in [-0.2, -0.15) is 0 Å². The van der Waals surface area contributed by atoms with Crippen LogP contribution in [0.15, 0.2) is 67.0 Å². The Kier molecular flexibility index (Phi) is 8.16. The number of nitrogens with zero attached hydrogens (tertiary/aromatic N) is 4. The number of aromatic nitrogens is 2. The van der Waals surface area contributed by atoms with Crippen molar-refractivity contribution in [3.05, 3.63) is 89.4 Å². The number of benzene rings is 1. The fourth-order valence-corrected chi connectivity index (χ4v) is 4.09. The van der Waals surface area contributed by atoms with Gasteiger partial charge < -0.3 is 19.6 Å². The summed E-state index contributed by atoms with van der Waals surface area (Å²) in [5, 5.41) is 9.85. The molecule has 2 amide bonds. The van der Waals surface area contributed by atoms with Crippen molar-refractivity contribution < 1.29 is 19.4 Å². The molecule has 8 heteroatoms. The molecule has 4 rings (SSSR count). The Bertz CT molecular complexity index is 1300. The predicted molar refractivity (Wildman–Crippen MR) is 139 cm³/mol.